The van der Waals surface area contributed by atoms with Crippen molar-refractivity contribution in [3.05, 3.63) is 82.9 Å². The minimum atomic E-state index is -0.674. The number of esters is 1. The van der Waals surface area contributed by atoms with Crippen LogP contribution < -0.4 is 0 Å². The lowest BCUT2D eigenvalue weighted by molar-refractivity contribution is -0.141. The average Bonchev–Trinajstić information content (AvgIpc) is 3.54. The number of rotatable bonds is 9. The Hall–Kier alpha value is -4.59. The van der Waals surface area contributed by atoms with Crippen molar-refractivity contribution in [1.82, 2.24) is 4.57 Å². The molecule has 204 valence electrons. The van der Waals surface area contributed by atoms with Gasteiger partial charge in [-0.2, -0.15) is 0 Å². The number of benzene rings is 3. The van der Waals surface area contributed by atoms with Crippen molar-refractivity contribution in [3.8, 4) is 0 Å². The molecule has 1 heterocycles. The van der Waals surface area contributed by atoms with Gasteiger partial charge in [0, 0.05) is 58.7 Å². The molecule has 1 aliphatic rings. The van der Waals surface area contributed by atoms with E-state index in [0.717, 1.165) is 34.6 Å². The second kappa shape index (κ2) is 11.3. The molecule has 0 spiro atoms. The second-order valence-corrected chi connectivity index (χ2v) is 9.97. The largest absolute Gasteiger partial charge is 0.469 e. The summed E-state index contributed by atoms with van der Waals surface area (Å²) < 4.78 is 6.82. The quantitative estimate of drug-likeness (QED) is 0.0921. The van der Waals surface area contributed by atoms with Crippen LogP contribution in [0.4, 0.5) is 0 Å². The molecular weight excluding hydrogens is 508 g/mol. The standard InChI is InChI=1S/C32H30N2O6/c1-4-34-28-12-9-22(31(37)24-15-20-7-5-6-8-21(20)16-24)17-25(28)26-18-23(10-13-29(26)34)32(38)27(33-40-19(2)35)11-14-30(36)39-3/h5-10,12-13,17-18,24H,4,11,14-16H2,1-3H3/b33-27+. The first kappa shape index (κ1) is 27.0. The maximum atomic E-state index is 13.6. The predicted molar refractivity (Wildman–Crippen MR) is 152 cm³/mol. The van der Waals surface area contributed by atoms with Crippen LogP contribution in [0, 0.1) is 5.92 Å². The molecule has 0 bridgehead atoms. The zero-order chi connectivity index (χ0) is 28.4. The number of nitrogens with zero attached hydrogens (tertiary/aromatic N) is 2. The summed E-state index contributed by atoms with van der Waals surface area (Å²) in [7, 11) is 1.26. The summed E-state index contributed by atoms with van der Waals surface area (Å²) in [5, 5.41) is 5.43. The van der Waals surface area contributed by atoms with Gasteiger partial charge in [0.05, 0.1) is 13.5 Å². The number of ether oxygens (including phenoxy) is 1. The van der Waals surface area contributed by atoms with Gasteiger partial charge in [0.1, 0.15) is 5.71 Å². The highest BCUT2D eigenvalue weighted by Crippen LogP contribution is 2.34. The van der Waals surface area contributed by atoms with E-state index in [1.165, 1.54) is 25.2 Å². The molecule has 3 aromatic carbocycles. The molecule has 4 aromatic rings. The smallest absolute Gasteiger partial charge is 0.331 e. The highest BCUT2D eigenvalue weighted by atomic mass is 16.7. The van der Waals surface area contributed by atoms with Crippen molar-refractivity contribution in [2.75, 3.05) is 7.11 Å². The summed E-state index contributed by atoms with van der Waals surface area (Å²) in [5.74, 6) is -1.62. The van der Waals surface area contributed by atoms with Crippen molar-refractivity contribution in [3.63, 3.8) is 0 Å². The zero-order valence-electron chi connectivity index (χ0n) is 22.7. The van der Waals surface area contributed by atoms with Crippen LogP contribution >= 0.6 is 0 Å². The first-order chi connectivity index (χ1) is 19.3. The lowest BCUT2D eigenvalue weighted by atomic mass is 9.94. The van der Waals surface area contributed by atoms with E-state index in [-0.39, 0.29) is 30.3 Å². The lowest BCUT2D eigenvalue weighted by Crippen LogP contribution is -2.17. The van der Waals surface area contributed by atoms with Crippen molar-refractivity contribution in [2.24, 2.45) is 11.1 Å². The average molecular weight is 539 g/mol. The molecule has 8 heteroatoms. The van der Waals surface area contributed by atoms with E-state index in [1.54, 1.807) is 12.1 Å². The van der Waals surface area contributed by atoms with Crippen LogP contribution in [0.15, 0.2) is 65.8 Å². The maximum absolute atomic E-state index is 13.6. The Labute approximate surface area is 231 Å². The van der Waals surface area contributed by atoms with Crippen molar-refractivity contribution >= 4 is 51.0 Å². The summed E-state index contributed by atoms with van der Waals surface area (Å²) in [6, 6.07) is 19.3. The molecular formula is C32H30N2O6. The van der Waals surface area contributed by atoms with E-state index in [0.29, 0.717) is 17.7 Å². The number of carbonyl (C=O) groups is 4. The summed E-state index contributed by atoms with van der Waals surface area (Å²) in [4.78, 5) is 54.8. The fraction of sp³-hybridized carbons (Fsp3) is 0.281. The summed E-state index contributed by atoms with van der Waals surface area (Å²) in [5.41, 5.74) is 5.27. The van der Waals surface area contributed by atoms with Crippen LogP contribution in [0.5, 0.6) is 0 Å². The Morgan fingerprint density at radius 2 is 1.48 bits per heavy atom. The van der Waals surface area contributed by atoms with Gasteiger partial charge in [0.15, 0.2) is 5.78 Å². The van der Waals surface area contributed by atoms with E-state index in [4.69, 9.17) is 4.84 Å². The third-order valence-electron chi connectivity index (χ3n) is 7.49. The molecule has 1 aliphatic carbocycles. The molecule has 0 saturated heterocycles. The molecule has 40 heavy (non-hydrogen) atoms. The summed E-state index contributed by atoms with van der Waals surface area (Å²) in [6.07, 6.45) is 1.34. The molecule has 0 unspecified atom stereocenters. The van der Waals surface area contributed by atoms with Crippen LogP contribution in [0.2, 0.25) is 0 Å². The van der Waals surface area contributed by atoms with Crippen LogP contribution in [0.3, 0.4) is 0 Å². The third-order valence-corrected chi connectivity index (χ3v) is 7.49. The number of aryl methyl sites for hydroxylation is 1. The molecule has 5 rings (SSSR count). The topological polar surface area (TPSA) is 104 Å². The molecule has 0 aliphatic heterocycles. The molecule has 0 amide bonds. The van der Waals surface area contributed by atoms with E-state index >= 15 is 0 Å². The maximum Gasteiger partial charge on any atom is 0.331 e. The molecule has 0 atom stereocenters. The first-order valence-corrected chi connectivity index (χ1v) is 13.3. The predicted octanol–water partition coefficient (Wildman–Crippen LogP) is 5.47. The van der Waals surface area contributed by atoms with Gasteiger partial charge in [-0.15, -0.1) is 0 Å². The van der Waals surface area contributed by atoms with Crippen molar-refractivity contribution < 1.29 is 28.8 Å². The Bertz CT molecular complexity index is 1670. The second-order valence-electron chi connectivity index (χ2n) is 9.97. The minimum Gasteiger partial charge on any atom is -0.469 e. The highest BCUT2D eigenvalue weighted by molar-refractivity contribution is 6.46. The number of fused-ring (bicyclic) bond motifs is 4. The van der Waals surface area contributed by atoms with Crippen LogP contribution in [-0.2, 0) is 38.5 Å². The minimum absolute atomic E-state index is 0.0457. The number of hydrogen-bond acceptors (Lipinski definition) is 7. The van der Waals surface area contributed by atoms with Gasteiger partial charge in [-0.1, -0.05) is 29.4 Å². The van der Waals surface area contributed by atoms with Gasteiger partial charge < -0.3 is 14.1 Å². The van der Waals surface area contributed by atoms with E-state index in [9.17, 15) is 19.2 Å². The molecule has 0 N–H and O–H groups in total. The Balaban J connectivity index is 1.52. The molecule has 0 radical (unpaired) electrons. The van der Waals surface area contributed by atoms with E-state index in [2.05, 4.69) is 26.6 Å². The number of Topliss-reactive ketones (excluding diaryl/α,β-unsaturated/α-hetero) is 2. The Morgan fingerprint density at radius 1 is 0.875 bits per heavy atom. The van der Waals surface area contributed by atoms with Crippen molar-refractivity contribution in [1.29, 1.82) is 0 Å². The monoisotopic (exact) mass is 538 g/mol. The normalized spacial score (nSPS) is 13.4. The number of aromatic nitrogens is 1. The number of oxime groups is 1. The fourth-order valence-electron chi connectivity index (χ4n) is 5.53. The number of hydrogen-bond donors (Lipinski definition) is 0. The summed E-state index contributed by atoms with van der Waals surface area (Å²) >= 11 is 0. The number of methoxy groups -OCH3 is 1. The number of ketones is 2. The molecule has 1 aromatic heterocycles. The van der Waals surface area contributed by atoms with Gasteiger partial charge in [-0.05, 0) is 67.3 Å². The third kappa shape index (κ3) is 5.17. The van der Waals surface area contributed by atoms with E-state index < -0.39 is 17.7 Å². The summed E-state index contributed by atoms with van der Waals surface area (Å²) in [6.45, 7) is 3.93. The Morgan fingerprint density at radius 3 is 2.05 bits per heavy atom. The molecule has 0 saturated carbocycles. The molecule has 0 fully saturated rings. The van der Waals surface area contributed by atoms with Gasteiger partial charge >= 0.3 is 11.9 Å². The van der Waals surface area contributed by atoms with Gasteiger partial charge in [0.25, 0.3) is 0 Å². The number of carbonyl (C=O) groups excluding carboxylic acids is 4. The Kier molecular flexibility index (Phi) is 7.60. The highest BCUT2D eigenvalue weighted by Gasteiger charge is 2.28. The fourth-order valence-corrected chi connectivity index (χ4v) is 5.53. The van der Waals surface area contributed by atoms with Crippen LogP contribution in [-0.4, -0.2) is 40.9 Å². The first-order valence-electron chi connectivity index (χ1n) is 13.3. The van der Waals surface area contributed by atoms with Crippen LogP contribution in [0.25, 0.3) is 21.8 Å². The molecule has 8 nitrogen and oxygen atoms in total. The van der Waals surface area contributed by atoms with Gasteiger partial charge in [-0.25, -0.2) is 4.79 Å². The van der Waals surface area contributed by atoms with Gasteiger partial charge in [0.2, 0.25) is 5.78 Å². The van der Waals surface area contributed by atoms with E-state index in [1.807, 2.05) is 43.3 Å². The lowest BCUT2D eigenvalue weighted by Gasteiger charge is -2.09. The van der Waals surface area contributed by atoms with Crippen LogP contribution in [0.1, 0.15) is 58.5 Å². The van der Waals surface area contributed by atoms with Crippen molar-refractivity contribution in [2.45, 2.75) is 46.1 Å². The SMILES string of the molecule is CCn1c2ccc(C(=O)/C(CCC(=O)OC)=N/OC(C)=O)cc2c2cc(C(=O)C3Cc4ccccc4C3)ccc21. The van der Waals surface area contributed by atoms with Gasteiger partial charge in [-0.3, -0.25) is 14.4 Å². The zero-order valence-corrected chi connectivity index (χ0v) is 22.7.